The lowest BCUT2D eigenvalue weighted by Gasteiger charge is -1.91. The summed E-state index contributed by atoms with van der Waals surface area (Å²) in [5.74, 6) is 0.136. The van der Waals surface area contributed by atoms with Crippen LogP contribution in [0.2, 0.25) is 0 Å². The van der Waals surface area contributed by atoms with Crippen LogP contribution < -0.4 is 0 Å². The number of carbonyl (C=O) groups excluding carboxylic acids is 1. The second kappa shape index (κ2) is 10.2. The van der Waals surface area contributed by atoms with Gasteiger partial charge in [0, 0.05) is 0 Å². The Labute approximate surface area is 87.9 Å². The number of hydrogen-bond acceptors (Lipinski definition) is 1. The van der Waals surface area contributed by atoms with Crippen molar-refractivity contribution >= 4 is 5.78 Å². The first-order valence-corrected chi connectivity index (χ1v) is 5.59. The molecule has 0 radical (unpaired) electrons. The number of ketones is 1. The lowest BCUT2D eigenvalue weighted by Crippen LogP contribution is -1.79. The van der Waals surface area contributed by atoms with Crippen LogP contribution in [-0.4, -0.2) is 5.78 Å². The van der Waals surface area contributed by atoms with Gasteiger partial charge < -0.3 is 0 Å². The van der Waals surface area contributed by atoms with Crippen LogP contribution in [0.4, 0.5) is 0 Å². The molecular formula is C13H22O. The van der Waals surface area contributed by atoms with Crippen LogP contribution in [0.3, 0.4) is 0 Å². The number of carbonyl (C=O) groups is 1. The van der Waals surface area contributed by atoms with Gasteiger partial charge in [-0.15, -0.1) is 0 Å². The zero-order valence-electron chi connectivity index (χ0n) is 9.46. The fourth-order valence-electron chi connectivity index (χ4n) is 1.19. The monoisotopic (exact) mass is 194 g/mol. The van der Waals surface area contributed by atoms with Crippen LogP contribution in [0, 0.1) is 0 Å². The van der Waals surface area contributed by atoms with Gasteiger partial charge in [0.15, 0.2) is 5.78 Å². The lowest BCUT2D eigenvalue weighted by molar-refractivity contribution is -0.112. The van der Waals surface area contributed by atoms with E-state index in [0.29, 0.717) is 0 Å². The molecule has 1 heteroatoms. The molecule has 0 amide bonds. The molecule has 0 fully saturated rings. The zero-order valence-corrected chi connectivity index (χ0v) is 9.46. The largest absolute Gasteiger partial charge is 0.295 e. The summed E-state index contributed by atoms with van der Waals surface area (Å²) in [4.78, 5) is 10.5. The van der Waals surface area contributed by atoms with Crippen molar-refractivity contribution in [2.75, 3.05) is 0 Å². The molecule has 1 nitrogen and oxygen atoms in total. The van der Waals surface area contributed by atoms with E-state index in [9.17, 15) is 4.79 Å². The summed E-state index contributed by atoms with van der Waals surface area (Å²) in [6.07, 6.45) is 15.2. The molecule has 0 saturated carbocycles. The Morgan fingerprint density at radius 1 is 1.00 bits per heavy atom. The molecule has 0 heterocycles. The lowest BCUT2D eigenvalue weighted by atomic mass is 10.2. The highest BCUT2D eigenvalue weighted by Crippen LogP contribution is 2.01. The van der Waals surface area contributed by atoms with Crippen molar-refractivity contribution in [3.05, 3.63) is 24.3 Å². The smallest absolute Gasteiger partial charge is 0.152 e. The second-order valence-corrected chi connectivity index (χ2v) is 3.56. The van der Waals surface area contributed by atoms with Gasteiger partial charge in [0.1, 0.15) is 0 Å². The van der Waals surface area contributed by atoms with Crippen LogP contribution in [0.5, 0.6) is 0 Å². The first-order valence-electron chi connectivity index (χ1n) is 5.59. The SMILES string of the molecule is CCCCC/C=C/CC/C=C/C(C)=O. The Bertz CT molecular complexity index is 189. The molecule has 0 aromatic heterocycles. The Morgan fingerprint density at radius 3 is 2.29 bits per heavy atom. The summed E-state index contributed by atoms with van der Waals surface area (Å²) in [6.45, 7) is 3.80. The van der Waals surface area contributed by atoms with Gasteiger partial charge in [0.25, 0.3) is 0 Å². The molecule has 0 bridgehead atoms. The van der Waals surface area contributed by atoms with Crippen molar-refractivity contribution in [2.45, 2.75) is 52.4 Å². The second-order valence-electron chi connectivity index (χ2n) is 3.56. The van der Waals surface area contributed by atoms with Gasteiger partial charge in [-0.3, -0.25) is 4.79 Å². The van der Waals surface area contributed by atoms with E-state index >= 15 is 0 Å². The van der Waals surface area contributed by atoms with Gasteiger partial charge in [-0.05, 0) is 38.7 Å². The third kappa shape index (κ3) is 11.2. The first kappa shape index (κ1) is 13.2. The fraction of sp³-hybridized carbons (Fsp3) is 0.615. The highest BCUT2D eigenvalue weighted by Gasteiger charge is 1.83. The van der Waals surface area contributed by atoms with E-state index in [4.69, 9.17) is 0 Å². The Balaban J connectivity index is 3.22. The molecular weight excluding hydrogens is 172 g/mol. The van der Waals surface area contributed by atoms with Crippen LogP contribution >= 0.6 is 0 Å². The van der Waals surface area contributed by atoms with Crippen molar-refractivity contribution in [3.8, 4) is 0 Å². The summed E-state index contributed by atoms with van der Waals surface area (Å²) in [7, 11) is 0. The standard InChI is InChI=1S/C13H22O/c1-3-4-5-6-7-8-9-10-11-12-13(2)14/h7-8,11-12H,3-6,9-10H2,1-2H3/b8-7+,12-11+. The van der Waals surface area contributed by atoms with Crippen molar-refractivity contribution < 1.29 is 4.79 Å². The van der Waals surface area contributed by atoms with Gasteiger partial charge in [0.2, 0.25) is 0 Å². The number of unbranched alkanes of at least 4 members (excludes halogenated alkanes) is 4. The molecule has 0 spiro atoms. The van der Waals surface area contributed by atoms with Crippen LogP contribution in [0.25, 0.3) is 0 Å². The molecule has 0 aromatic carbocycles. The van der Waals surface area contributed by atoms with E-state index < -0.39 is 0 Å². The molecule has 0 aliphatic carbocycles. The molecule has 0 aliphatic rings. The first-order chi connectivity index (χ1) is 6.77. The van der Waals surface area contributed by atoms with Crippen molar-refractivity contribution in [1.82, 2.24) is 0 Å². The third-order valence-electron chi connectivity index (χ3n) is 1.99. The predicted octanol–water partition coefficient (Wildman–Crippen LogP) is 4.05. The van der Waals surface area contributed by atoms with Crippen LogP contribution in [-0.2, 0) is 4.79 Å². The van der Waals surface area contributed by atoms with Crippen molar-refractivity contribution in [3.63, 3.8) is 0 Å². The van der Waals surface area contributed by atoms with E-state index in [1.165, 1.54) is 25.7 Å². The average molecular weight is 194 g/mol. The molecule has 0 aliphatic heterocycles. The normalized spacial score (nSPS) is 11.6. The maximum Gasteiger partial charge on any atom is 0.152 e. The van der Waals surface area contributed by atoms with Crippen LogP contribution in [0.15, 0.2) is 24.3 Å². The Kier molecular flexibility index (Phi) is 9.61. The van der Waals surface area contributed by atoms with E-state index in [1.54, 1.807) is 13.0 Å². The van der Waals surface area contributed by atoms with Crippen molar-refractivity contribution in [2.24, 2.45) is 0 Å². The molecule has 0 atom stereocenters. The minimum atomic E-state index is 0.136. The topological polar surface area (TPSA) is 17.1 Å². The number of allylic oxidation sites excluding steroid dienone is 4. The average Bonchev–Trinajstić information content (AvgIpc) is 2.15. The minimum absolute atomic E-state index is 0.136. The van der Waals surface area contributed by atoms with E-state index in [0.717, 1.165) is 12.8 Å². The van der Waals surface area contributed by atoms with Crippen molar-refractivity contribution in [1.29, 1.82) is 0 Å². The van der Waals surface area contributed by atoms with E-state index in [1.807, 2.05) is 6.08 Å². The molecule has 0 unspecified atom stereocenters. The van der Waals surface area contributed by atoms with E-state index in [-0.39, 0.29) is 5.78 Å². The molecule has 0 aromatic rings. The van der Waals surface area contributed by atoms with Gasteiger partial charge in [-0.25, -0.2) is 0 Å². The molecule has 0 rings (SSSR count). The summed E-state index contributed by atoms with van der Waals surface area (Å²) < 4.78 is 0. The maximum absolute atomic E-state index is 10.5. The van der Waals surface area contributed by atoms with Gasteiger partial charge in [0.05, 0.1) is 0 Å². The van der Waals surface area contributed by atoms with Gasteiger partial charge in [-0.2, -0.15) is 0 Å². The molecule has 0 N–H and O–H groups in total. The van der Waals surface area contributed by atoms with Gasteiger partial charge >= 0.3 is 0 Å². The summed E-state index contributed by atoms with van der Waals surface area (Å²) in [5.41, 5.74) is 0. The summed E-state index contributed by atoms with van der Waals surface area (Å²) >= 11 is 0. The minimum Gasteiger partial charge on any atom is -0.295 e. The maximum atomic E-state index is 10.5. The zero-order chi connectivity index (χ0) is 10.6. The third-order valence-corrected chi connectivity index (χ3v) is 1.99. The highest BCUT2D eigenvalue weighted by molar-refractivity contribution is 5.87. The predicted molar refractivity (Wildman–Crippen MR) is 62.3 cm³/mol. The highest BCUT2D eigenvalue weighted by atomic mass is 16.1. The molecule has 0 saturated heterocycles. The summed E-state index contributed by atoms with van der Waals surface area (Å²) in [5, 5.41) is 0. The quantitative estimate of drug-likeness (QED) is 0.323. The fourth-order valence-corrected chi connectivity index (χ4v) is 1.19. The Morgan fingerprint density at radius 2 is 1.64 bits per heavy atom. The number of hydrogen-bond donors (Lipinski definition) is 0. The molecule has 80 valence electrons. The van der Waals surface area contributed by atoms with Crippen LogP contribution in [0.1, 0.15) is 52.4 Å². The summed E-state index contributed by atoms with van der Waals surface area (Å²) in [6, 6.07) is 0. The van der Waals surface area contributed by atoms with Gasteiger partial charge in [-0.1, -0.05) is 38.0 Å². The van der Waals surface area contributed by atoms with E-state index in [2.05, 4.69) is 19.1 Å². The number of rotatable bonds is 8. The molecule has 14 heavy (non-hydrogen) atoms. The Hall–Kier alpha value is -0.850.